The molecule has 0 aliphatic rings. The molecule has 196 valence electrons. The Morgan fingerprint density at radius 3 is 2.43 bits per heavy atom. The number of benzene rings is 2. The Morgan fingerprint density at radius 2 is 1.76 bits per heavy atom. The zero-order valence-electron chi connectivity index (χ0n) is 20.9. The molecule has 11 nitrogen and oxygen atoms in total. The minimum atomic E-state index is -0.525. The number of carbonyl (C=O) groups excluding carboxylic acids is 2. The zero-order valence-corrected chi connectivity index (χ0v) is 20.9. The molecule has 3 rings (SSSR count). The fraction of sp³-hybridized carbons (Fsp3) is 0.308. The van der Waals surface area contributed by atoms with Gasteiger partial charge in [-0.1, -0.05) is 42.5 Å². The zero-order chi connectivity index (χ0) is 26.6. The molecule has 2 aromatic carbocycles. The van der Waals surface area contributed by atoms with Crippen molar-refractivity contribution in [2.75, 3.05) is 36.8 Å². The Balaban J connectivity index is 1.60. The van der Waals surface area contributed by atoms with E-state index in [1.807, 2.05) is 49.4 Å². The van der Waals surface area contributed by atoms with E-state index < -0.39 is 12.1 Å². The Morgan fingerprint density at radius 1 is 1.03 bits per heavy atom. The first-order valence-corrected chi connectivity index (χ1v) is 12.1. The van der Waals surface area contributed by atoms with Gasteiger partial charge in [0, 0.05) is 31.5 Å². The van der Waals surface area contributed by atoms with Crippen molar-refractivity contribution in [3.05, 3.63) is 76.2 Å². The van der Waals surface area contributed by atoms with Crippen LogP contribution in [0, 0.1) is 6.92 Å². The number of aryl methyl sites for hydroxylation is 1. The second kappa shape index (κ2) is 13.8. The summed E-state index contributed by atoms with van der Waals surface area (Å²) in [7, 11) is 0. The molecule has 4 amide bonds. The number of aromatic amines is 1. The molecule has 0 unspecified atom stereocenters. The summed E-state index contributed by atoms with van der Waals surface area (Å²) in [6.45, 7) is 5.34. The highest BCUT2D eigenvalue weighted by molar-refractivity contribution is 5.99. The van der Waals surface area contributed by atoms with E-state index in [1.165, 1.54) is 6.20 Å². The maximum Gasteiger partial charge on any atom is 0.326 e. The number of aromatic nitrogens is 2. The van der Waals surface area contributed by atoms with E-state index in [9.17, 15) is 14.4 Å². The van der Waals surface area contributed by atoms with Crippen LogP contribution in [0.4, 0.5) is 21.2 Å². The number of para-hydroxylation sites is 1. The van der Waals surface area contributed by atoms with Crippen molar-refractivity contribution in [1.29, 1.82) is 0 Å². The number of primary amides is 1. The first-order chi connectivity index (χ1) is 17.9. The molecular weight excluding hydrogens is 472 g/mol. The maximum atomic E-state index is 12.7. The molecule has 0 saturated heterocycles. The smallest absolute Gasteiger partial charge is 0.326 e. The number of hydrogen-bond donors (Lipinski definition) is 6. The lowest BCUT2D eigenvalue weighted by atomic mass is 10.1. The summed E-state index contributed by atoms with van der Waals surface area (Å²) in [5, 5.41) is 7.88. The minimum Gasteiger partial charge on any atom is -0.352 e. The number of nitrogens with zero attached hydrogens (tertiary/aromatic N) is 2. The first kappa shape index (κ1) is 27.4. The normalized spacial score (nSPS) is 10.8. The standard InChI is InChI=1S/C26H34N8O3/c1-18-6-2-3-7-22(18)31-26(37)33-25-30-16-21(23(35)32-25)20-10-8-19(9-11-20)17-34(14-4-12-27)15-5-13-29-24(28)36/h2-3,6-11,16H,4-5,12-15,17,27H2,1H3,(H3,28,29,36)(H3,30,31,32,33,35,37). The van der Waals surface area contributed by atoms with Crippen molar-refractivity contribution in [3.8, 4) is 11.1 Å². The summed E-state index contributed by atoms with van der Waals surface area (Å²) in [4.78, 5) is 44.9. The number of carbonyl (C=O) groups is 2. The van der Waals surface area contributed by atoms with Crippen molar-refractivity contribution in [2.24, 2.45) is 11.5 Å². The van der Waals surface area contributed by atoms with Crippen molar-refractivity contribution < 1.29 is 9.59 Å². The van der Waals surface area contributed by atoms with Gasteiger partial charge in [0.2, 0.25) is 5.95 Å². The molecule has 0 aliphatic heterocycles. The highest BCUT2D eigenvalue weighted by Gasteiger charge is 2.11. The second-order valence-corrected chi connectivity index (χ2v) is 8.63. The van der Waals surface area contributed by atoms with Crippen LogP contribution < -0.4 is 33.0 Å². The van der Waals surface area contributed by atoms with E-state index in [0.29, 0.717) is 36.4 Å². The quantitative estimate of drug-likeness (QED) is 0.206. The van der Waals surface area contributed by atoms with Crippen LogP contribution >= 0.6 is 0 Å². The third kappa shape index (κ3) is 8.74. The van der Waals surface area contributed by atoms with Gasteiger partial charge in [-0.15, -0.1) is 0 Å². The molecule has 0 bridgehead atoms. The molecule has 1 heterocycles. The molecule has 37 heavy (non-hydrogen) atoms. The fourth-order valence-corrected chi connectivity index (χ4v) is 3.79. The minimum absolute atomic E-state index is 0.0535. The van der Waals surface area contributed by atoms with Crippen LogP contribution in [0.5, 0.6) is 0 Å². The van der Waals surface area contributed by atoms with Crippen LogP contribution in [0.25, 0.3) is 11.1 Å². The van der Waals surface area contributed by atoms with Crippen molar-refractivity contribution in [2.45, 2.75) is 26.3 Å². The summed E-state index contributed by atoms with van der Waals surface area (Å²) in [5.74, 6) is 0.0535. The maximum absolute atomic E-state index is 12.7. The molecule has 0 spiro atoms. The number of anilines is 2. The first-order valence-electron chi connectivity index (χ1n) is 12.1. The number of nitrogens with one attached hydrogen (secondary N) is 4. The Labute approximate surface area is 215 Å². The van der Waals surface area contributed by atoms with Crippen LogP contribution in [0.2, 0.25) is 0 Å². The average Bonchev–Trinajstić information content (AvgIpc) is 2.87. The number of hydrogen-bond acceptors (Lipinski definition) is 6. The molecule has 0 saturated carbocycles. The van der Waals surface area contributed by atoms with Crippen molar-refractivity contribution in [1.82, 2.24) is 20.2 Å². The topological polar surface area (TPSA) is 171 Å². The van der Waals surface area contributed by atoms with E-state index in [4.69, 9.17) is 11.5 Å². The van der Waals surface area contributed by atoms with Gasteiger partial charge in [0.1, 0.15) is 0 Å². The number of nitrogens with two attached hydrogens (primary N) is 2. The van der Waals surface area contributed by atoms with E-state index >= 15 is 0 Å². The highest BCUT2D eigenvalue weighted by Crippen LogP contribution is 2.17. The van der Waals surface area contributed by atoms with Crippen molar-refractivity contribution in [3.63, 3.8) is 0 Å². The number of H-pyrrole nitrogens is 1. The largest absolute Gasteiger partial charge is 0.352 e. The predicted octanol–water partition coefficient (Wildman–Crippen LogP) is 2.60. The molecule has 8 N–H and O–H groups in total. The average molecular weight is 507 g/mol. The van der Waals surface area contributed by atoms with Gasteiger partial charge in [-0.2, -0.15) is 0 Å². The van der Waals surface area contributed by atoms with E-state index in [1.54, 1.807) is 6.07 Å². The predicted molar refractivity (Wildman–Crippen MR) is 145 cm³/mol. The lowest BCUT2D eigenvalue weighted by Gasteiger charge is -2.22. The highest BCUT2D eigenvalue weighted by atomic mass is 16.2. The SMILES string of the molecule is Cc1ccccc1NC(=O)Nc1ncc(-c2ccc(CN(CCCN)CCCNC(N)=O)cc2)c(=O)[nH]1. The number of rotatable bonds is 12. The van der Waals surface area contributed by atoms with Crippen LogP contribution in [0.1, 0.15) is 24.0 Å². The monoisotopic (exact) mass is 506 g/mol. The summed E-state index contributed by atoms with van der Waals surface area (Å²) >= 11 is 0. The van der Waals surface area contributed by atoms with Gasteiger partial charge >= 0.3 is 12.1 Å². The summed E-state index contributed by atoms with van der Waals surface area (Å²) in [5.41, 5.74) is 14.2. The molecule has 1 aromatic heterocycles. The van der Waals surface area contributed by atoms with Gasteiger partial charge in [0.15, 0.2) is 0 Å². The molecule has 0 fully saturated rings. The Hall–Kier alpha value is -4.22. The molecule has 0 atom stereocenters. The number of amides is 4. The van der Waals surface area contributed by atoms with Crippen molar-refractivity contribution >= 4 is 23.7 Å². The van der Waals surface area contributed by atoms with Crippen LogP contribution in [-0.4, -0.2) is 53.1 Å². The lowest BCUT2D eigenvalue weighted by Crippen LogP contribution is -2.33. The van der Waals surface area contributed by atoms with Crippen LogP contribution in [-0.2, 0) is 6.54 Å². The molecule has 0 radical (unpaired) electrons. The fourth-order valence-electron chi connectivity index (χ4n) is 3.79. The Kier molecular flexibility index (Phi) is 10.2. The molecule has 0 aliphatic carbocycles. The summed E-state index contributed by atoms with van der Waals surface area (Å²) in [6.07, 6.45) is 3.08. The second-order valence-electron chi connectivity index (χ2n) is 8.63. The molecule has 11 heteroatoms. The van der Waals surface area contributed by atoms with Crippen LogP contribution in [0.15, 0.2) is 59.5 Å². The van der Waals surface area contributed by atoms with Gasteiger partial charge in [-0.25, -0.2) is 14.6 Å². The summed E-state index contributed by atoms with van der Waals surface area (Å²) in [6, 6.07) is 14.0. The van der Waals surface area contributed by atoms with E-state index in [-0.39, 0.29) is 11.5 Å². The molecule has 3 aromatic rings. The van der Waals surface area contributed by atoms with Crippen LogP contribution in [0.3, 0.4) is 0 Å². The third-order valence-electron chi connectivity index (χ3n) is 5.72. The van der Waals surface area contributed by atoms with Gasteiger partial charge in [-0.05, 0) is 55.6 Å². The van der Waals surface area contributed by atoms with Gasteiger partial charge in [0.05, 0.1) is 5.56 Å². The summed E-state index contributed by atoms with van der Waals surface area (Å²) < 4.78 is 0. The Bertz CT molecular complexity index is 1240. The van der Waals surface area contributed by atoms with E-state index in [0.717, 1.165) is 37.1 Å². The molecular formula is C26H34N8O3. The van der Waals surface area contributed by atoms with Gasteiger partial charge in [0.25, 0.3) is 5.56 Å². The van der Waals surface area contributed by atoms with Gasteiger partial charge < -0.3 is 22.1 Å². The van der Waals surface area contributed by atoms with Gasteiger partial charge in [-0.3, -0.25) is 20.0 Å². The van der Waals surface area contributed by atoms with E-state index in [2.05, 4.69) is 30.8 Å². The third-order valence-corrected chi connectivity index (χ3v) is 5.72. The number of urea groups is 2. The lowest BCUT2D eigenvalue weighted by molar-refractivity contribution is 0.243.